The van der Waals surface area contributed by atoms with E-state index in [0.717, 1.165) is 37.2 Å². The molecule has 0 bridgehead atoms. The maximum absolute atomic E-state index is 13.1. The summed E-state index contributed by atoms with van der Waals surface area (Å²) in [7, 11) is 0. The second kappa shape index (κ2) is 7.69. The third kappa shape index (κ3) is 3.83. The topological polar surface area (TPSA) is 41.6 Å². The quantitative estimate of drug-likeness (QED) is 0.874. The van der Waals surface area contributed by atoms with Gasteiger partial charge < -0.3 is 15.0 Å². The van der Waals surface area contributed by atoms with Crippen LogP contribution in [-0.2, 0) is 16.0 Å². The number of anilines is 2. The van der Waals surface area contributed by atoms with Crippen molar-refractivity contribution in [1.82, 2.24) is 0 Å². The van der Waals surface area contributed by atoms with Crippen LogP contribution >= 0.6 is 0 Å². The molecule has 0 saturated carbocycles. The number of hydrogen-bond acceptors (Lipinski definition) is 3. The van der Waals surface area contributed by atoms with Crippen molar-refractivity contribution in [2.45, 2.75) is 32.2 Å². The van der Waals surface area contributed by atoms with E-state index in [9.17, 15) is 9.18 Å². The van der Waals surface area contributed by atoms with E-state index in [2.05, 4.69) is 30.4 Å². The van der Waals surface area contributed by atoms with Crippen LogP contribution in [0.3, 0.4) is 0 Å². The van der Waals surface area contributed by atoms with E-state index in [1.54, 1.807) is 12.1 Å². The van der Waals surface area contributed by atoms with Crippen molar-refractivity contribution in [3.8, 4) is 0 Å². The lowest BCUT2D eigenvalue weighted by Crippen LogP contribution is -2.37. The van der Waals surface area contributed by atoms with Gasteiger partial charge in [-0.25, -0.2) is 4.39 Å². The second-order valence-electron chi connectivity index (χ2n) is 7.39. The molecular formula is C22H25FN2O2. The summed E-state index contributed by atoms with van der Waals surface area (Å²) in [5, 5.41) is 3.40. The molecule has 2 aromatic rings. The van der Waals surface area contributed by atoms with Crippen molar-refractivity contribution in [1.29, 1.82) is 0 Å². The summed E-state index contributed by atoms with van der Waals surface area (Å²) < 4.78 is 18.4. The van der Waals surface area contributed by atoms with Gasteiger partial charge in [-0.05, 0) is 67.6 Å². The Labute approximate surface area is 159 Å². The number of carbonyl (C=O) groups is 1. The fraction of sp³-hybridized carbons (Fsp3) is 0.409. The van der Waals surface area contributed by atoms with E-state index < -0.39 is 0 Å². The highest BCUT2D eigenvalue weighted by molar-refractivity contribution is 5.97. The van der Waals surface area contributed by atoms with E-state index in [1.807, 2.05) is 4.90 Å². The number of carbonyl (C=O) groups excluding carboxylic acids is 1. The lowest BCUT2D eigenvalue weighted by Gasteiger charge is -2.27. The molecule has 27 heavy (non-hydrogen) atoms. The normalized spacial score (nSPS) is 18.2. The molecule has 0 spiro atoms. The second-order valence-corrected chi connectivity index (χ2v) is 7.39. The van der Waals surface area contributed by atoms with Crippen LogP contribution in [0, 0.1) is 11.7 Å². The van der Waals surface area contributed by atoms with E-state index in [0.29, 0.717) is 13.2 Å². The zero-order valence-corrected chi connectivity index (χ0v) is 15.6. The Morgan fingerprint density at radius 2 is 1.93 bits per heavy atom. The molecular weight excluding hydrogens is 343 g/mol. The smallest absolute Gasteiger partial charge is 0.230 e. The van der Waals surface area contributed by atoms with E-state index in [1.165, 1.54) is 23.3 Å². The van der Waals surface area contributed by atoms with Gasteiger partial charge in [0, 0.05) is 43.1 Å². The number of ether oxygens (including phenoxy) is 1. The van der Waals surface area contributed by atoms with Crippen LogP contribution in [0.15, 0.2) is 42.5 Å². The van der Waals surface area contributed by atoms with E-state index in [-0.39, 0.29) is 23.7 Å². The van der Waals surface area contributed by atoms with Crippen molar-refractivity contribution in [2.24, 2.45) is 5.92 Å². The highest BCUT2D eigenvalue weighted by atomic mass is 19.1. The van der Waals surface area contributed by atoms with Gasteiger partial charge in [0.05, 0.1) is 0 Å². The molecule has 4 nitrogen and oxygen atoms in total. The van der Waals surface area contributed by atoms with Crippen LogP contribution in [0.2, 0.25) is 0 Å². The standard InChI is InChI=1S/C22H25FN2O2/c1-15(24-20-5-3-19(23)4-6-20)17-2-7-21-18(14-17)8-11-25(21)22(26)16-9-12-27-13-10-16/h2-7,14-16,24H,8-13H2,1H3. The van der Waals surface area contributed by atoms with Crippen molar-refractivity contribution in [3.63, 3.8) is 0 Å². The molecule has 1 fully saturated rings. The number of halogens is 1. The Bertz CT molecular complexity index is 816. The first-order valence-electron chi connectivity index (χ1n) is 9.66. The van der Waals surface area contributed by atoms with Crippen LogP contribution in [0.25, 0.3) is 0 Å². The van der Waals surface area contributed by atoms with E-state index in [4.69, 9.17) is 4.74 Å². The molecule has 0 aliphatic carbocycles. The largest absolute Gasteiger partial charge is 0.381 e. The van der Waals surface area contributed by atoms with E-state index >= 15 is 0 Å². The molecule has 1 atom stereocenters. The lowest BCUT2D eigenvalue weighted by atomic mass is 9.98. The highest BCUT2D eigenvalue weighted by Crippen LogP contribution is 2.33. The first kappa shape index (κ1) is 18.0. The van der Waals surface area contributed by atoms with Crippen molar-refractivity contribution in [3.05, 3.63) is 59.4 Å². The molecule has 0 radical (unpaired) electrons. The fourth-order valence-corrected chi connectivity index (χ4v) is 3.96. The predicted octanol–water partition coefficient (Wildman–Crippen LogP) is 4.31. The lowest BCUT2D eigenvalue weighted by molar-refractivity contribution is -0.125. The number of amides is 1. The van der Waals surface area contributed by atoms with Gasteiger partial charge >= 0.3 is 0 Å². The van der Waals surface area contributed by atoms with Gasteiger partial charge in [0.25, 0.3) is 0 Å². The molecule has 2 heterocycles. The molecule has 0 aromatic heterocycles. The van der Waals surface area contributed by atoms with Crippen molar-refractivity contribution >= 4 is 17.3 Å². The summed E-state index contributed by atoms with van der Waals surface area (Å²) in [4.78, 5) is 14.8. The summed E-state index contributed by atoms with van der Waals surface area (Å²) in [5.41, 5.74) is 4.32. The number of fused-ring (bicyclic) bond motifs is 1. The summed E-state index contributed by atoms with van der Waals surface area (Å²) in [6, 6.07) is 12.8. The van der Waals surface area contributed by atoms with Crippen molar-refractivity contribution in [2.75, 3.05) is 30.0 Å². The number of nitrogens with one attached hydrogen (secondary N) is 1. The fourth-order valence-electron chi connectivity index (χ4n) is 3.96. The maximum Gasteiger partial charge on any atom is 0.230 e. The zero-order valence-electron chi connectivity index (χ0n) is 15.6. The molecule has 2 aliphatic heterocycles. The Balaban J connectivity index is 1.47. The minimum atomic E-state index is -0.236. The Kier molecular flexibility index (Phi) is 5.12. The van der Waals surface area contributed by atoms with Crippen molar-refractivity contribution < 1.29 is 13.9 Å². The summed E-state index contributed by atoms with van der Waals surface area (Å²) >= 11 is 0. The van der Waals surface area contributed by atoms with Crippen LogP contribution < -0.4 is 10.2 Å². The minimum Gasteiger partial charge on any atom is -0.381 e. The first-order chi connectivity index (χ1) is 13.1. The Morgan fingerprint density at radius 1 is 1.19 bits per heavy atom. The predicted molar refractivity (Wildman–Crippen MR) is 104 cm³/mol. The maximum atomic E-state index is 13.1. The van der Waals surface area contributed by atoms with Crippen LogP contribution in [0.4, 0.5) is 15.8 Å². The average molecular weight is 368 g/mol. The molecule has 1 saturated heterocycles. The Hall–Kier alpha value is -2.40. The third-order valence-electron chi connectivity index (χ3n) is 5.56. The Morgan fingerprint density at radius 3 is 2.67 bits per heavy atom. The molecule has 142 valence electrons. The molecule has 1 unspecified atom stereocenters. The van der Waals surface area contributed by atoms with Gasteiger partial charge in [-0.15, -0.1) is 0 Å². The summed E-state index contributed by atoms with van der Waals surface area (Å²) in [6.45, 7) is 4.21. The van der Waals surface area contributed by atoms with Crippen LogP contribution in [0.5, 0.6) is 0 Å². The SMILES string of the molecule is CC(Nc1ccc(F)cc1)c1ccc2c(c1)CCN2C(=O)C1CCOCC1. The molecule has 2 aromatic carbocycles. The molecule has 4 rings (SSSR count). The van der Waals surface area contributed by atoms with Gasteiger partial charge in [-0.2, -0.15) is 0 Å². The zero-order chi connectivity index (χ0) is 18.8. The monoisotopic (exact) mass is 368 g/mol. The number of rotatable bonds is 4. The van der Waals surface area contributed by atoms with Gasteiger partial charge in [0.15, 0.2) is 0 Å². The third-order valence-corrected chi connectivity index (χ3v) is 5.56. The average Bonchev–Trinajstić information content (AvgIpc) is 3.13. The number of nitrogens with zero attached hydrogens (tertiary/aromatic N) is 1. The molecule has 2 aliphatic rings. The first-order valence-corrected chi connectivity index (χ1v) is 9.66. The van der Waals surface area contributed by atoms with Crippen LogP contribution in [-0.4, -0.2) is 25.7 Å². The molecule has 1 amide bonds. The summed E-state index contributed by atoms with van der Waals surface area (Å²) in [5.74, 6) is 0.0887. The number of benzene rings is 2. The minimum absolute atomic E-state index is 0.0865. The number of hydrogen-bond donors (Lipinski definition) is 1. The summed E-state index contributed by atoms with van der Waals surface area (Å²) in [6.07, 6.45) is 2.53. The van der Waals surface area contributed by atoms with Gasteiger partial charge in [0.1, 0.15) is 5.82 Å². The van der Waals surface area contributed by atoms with Crippen LogP contribution in [0.1, 0.15) is 36.9 Å². The van der Waals surface area contributed by atoms with Gasteiger partial charge in [0.2, 0.25) is 5.91 Å². The molecule has 1 N–H and O–H groups in total. The highest BCUT2D eigenvalue weighted by Gasteiger charge is 2.31. The van der Waals surface area contributed by atoms with Gasteiger partial charge in [-0.3, -0.25) is 4.79 Å². The van der Waals surface area contributed by atoms with Gasteiger partial charge in [-0.1, -0.05) is 12.1 Å². The molecule has 5 heteroatoms.